The summed E-state index contributed by atoms with van der Waals surface area (Å²) >= 11 is 0. The van der Waals surface area contributed by atoms with Gasteiger partial charge in [-0.15, -0.1) is 0 Å². The molecule has 4 rings (SSSR count). The van der Waals surface area contributed by atoms with Gasteiger partial charge in [0.15, 0.2) is 0 Å². The summed E-state index contributed by atoms with van der Waals surface area (Å²) in [5.41, 5.74) is 18.5. The van der Waals surface area contributed by atoms with Crippen molar-refractivity contribution in [2.45, 2.75) is 38.6 Å². The van der Waals surface area contributed by atoms with Crippen molar-refractivity contribution in [2.24, 2.45) is 11.7 Å². The predicted octanol–water partition coefficient (Wildman–Crippen LogP) is 3.43. The highest BCUT2D eigenvalue weighted by molar-refractivity contribution is 6.03. The molecule has 1 unspecified atom stereocenters. The molecule has 4 heteroatoms. The van der Waals surface area contributed by atoms with Gasteiger partial charge in [-0.05, 0) is 61.4 Å². The van der Waals surface area contributed by atoms with Gasteiger partial charge in [0, 0.05) is 23.7 Å². The van der Waals surface area contributed by atoms with E-state index < -0.39 is 6.04 Å². The summed E-state index contributed by atoms with van der Waals surface area (Å²) in [4.78, 5) is 14.8. The van der Waals surface area contributed by atoms with Gasteiger partial charge in [0.1, 0.15) is 0 Å². The molecule has 0 radical (unpaired) electrons. The quantitative estimate of drug-likeness (QED) is 0.826. The van der Waals surface area contributed by atoms with Gasteiger partial charge in [-0.3, -0.25) is 4.79 Å². The molecule has 2 aromatic carbocycles. The van der Waals surface area contributed by atoms with E-state index >= 15 is 0 Å². The van der Waals surface area contributed by atoms with Gasteiger partial charge < -0.3 is 16.4 Å². The lowest BCUT2D eigenvalue weighted by Gasteiger charge is -2.28. The average Bonchev–Trinajstić information content (AvgIpc) is 3.43. The third kappa shape index (κ3) is 2.61. The molecule has 1 aliphatic carbocycles. The number of nitrogen functional groups attached to an aromatic ring is 1. The Morgan fingerprint density at radius 2 is 1.92 bits per heavy atom. The van der Waals surface area contributed by atoms with Crippen LogP contribution >= 0.6 is 0 Å². The molecule has 1 heterocycles. The van der Waals surface area contributed by atoms with Gasteiger partial charge in [-0.2, -0.15) is 0 Å². The van der Waals surface area contributed by atoms with Gasteiger partial charge in [0.2, 0.25) is 5.91 Å². The van der Waals surface area contributed by atoms with E-state index in [2.05, 4.69) is 24.3 Å². The fourth-order valence-corrected chi connectivity index (χ4v) is 4.08. The number of carbonyl (C=O) groups is 1. The van der Waals surface area contributed by atoms with Gasteiger partial charge >= 0.3 is 0 Å². The third-order valence-corrected chi connectivity index (χ3v) is 5.63. The maximum atomic E-state index is 12.9. The Morgan fingerprint density at radius 3 is 2.60 bits per heavy atom. The van der Waals surface area contributed by atoms with Crippen molar-refractivity contribution >= 4 is 17.3 Å². The second-order valence-electron chi connectivity index (χ2n) is 7.44. The first-order valence-electron chi connectivity index (χ1n) is 9.04. The summed E-state index contributed by atoms with van der Waals surface area (Å²) in [6.45, 7) is 4.49. The number of rotatable bonds is 2. The van der Waals surface area contributed by atoms with E-state index in [1.54, 1.807) is 6.92 Å². The van der Waals surface area contributed by atoms with E-state index in [-0.39, 0.29) is 5.91 Å². The van der Waals surface area contributed by atoms with E-state index in [0.717, 1.165) is 22.5 Å². The average molecular weight is 335 g/mol. The summed E-state index contributed by atoms with van der Waals surface area (Å²) in [7, 11) is 0. The SMILES string of the molecule is Cc1c(N)ccc2c1-c1ccccc1C(C1CC1)CN2C(=O)[C@H](C)N. The van der Waals surface area contributed by atoms with Gasteiger partial charge in [0.25, 0.3) is 0 Å². The maximum Gasteiger partial charge on any atom is 0.243 e. The van der Waals surface area contributed by atoms with Crippen molar-refractivity contribution in [1.82, 2.24) is 0 Å². The smallest absolute Gasteiger partial charge is 0.243 e. The molecule has 0 bridgehead atoms. The Kier molecular flexibility index (Phi) is 3.80. The van der Waals surface area contributed by atoms with Crippen molar-refractivity contribution in [3.63, 3.8) is 0 Å². The molecule has 1 saturated carbocycles. The molecule has 1 amide bonds. The van der Waals surface area contributed by atoms with Crippen molar-refractivity contribution in [3.05, 3.63) is 47.5 Å². The Bertz CT molecular complexity index is 839. The lowest BCUT2D eigenvalue weighted by molar-refractivity contribution is -0.119. The Balaban J connectivity index is 1.99. The zero-order valence-electron chi connectivity index (χ0n) is 14.8. The second-order valence-corrected chi connectivity index (χ2v) is 7.44. The Morgan fingerprint density at radius 1 is 1.20 bits per heavy atom. The van der Waals surface area contributed by atoms with Crippen LogP contribution in [0, 0.1) is 12.8 Å². The highest BCUT2D eigenvalue weighted by Crippen LogP contribution is 2.50. The number of anilines is 2. The van der Waals surface area contributed by atoms with Crippen LogP contribution < -0.4 is 16.4 Å². The fourth-order valence-electron chi connectivity index (χ4n) is 4.08. The number of fused-ring (bicyclic) bond motifs is 3. The standard InChI is InChI=1S/C21H25N3O/c1-12-18(23)9-10-19-20(12)16-6-4-3-5-15(16)17(14-7-8-14)11-24(19)21(25)13(2)22/h3-6,9-10,13-14,17H,7-8,11,22-23H2,1-2H3/t13-,17?/m0/s1. The highest BCUT2D eigenvalue weighted by atomic mass is 16.2. The summed E-state index contributed by atoms with van der Waals surface area (Å²) < 4.78 is 0. The van der Waals surface area contributed by atoms with Crippen LogP contribution in [0.1, 0.15) is 36.8 Å². The number of hydrogen-bond donors (Lipinski definition) is 2. The van der Waals surface area contributed by atoms with Crippen molar-refractivity contribution in [3.8, 4) is 11.1 Å². The number of carbonyl (C=O) groups excluding carboxylic acids is 1. The molecule has 0 aromatic heterocycles. The molecular formula is C21H25N3O. The predicted molar refractivity (Wildman–Crippen MR) is 102 cm³/mol. The molecule has 1 aliphatic heterocycles. The van der Waals surface area contributed by atoms with Gasteiger partial charge in [-0.1, -0.05) is 24.3 Å². The minimum absolute atomic E-state index is 0.0242. The van der Waals surface area contributed by atoms with Crippen molar-refractivity contribution in [1.29, 1.82) is 0 Å². The molecule has 2 aliphatic rings. The molecule has 1 fully saturated rings. The summed E-state index contributed by atoms with van der Waals surface area (Å²) in [6.07, 6.45) is 2.47. The van der Waals surface area contributed by atoms with Gasteiger partial charge in [0.05, 0.1) is 11.7 Å². The molecule has 2 aromatic rings. The summed E-state index contributed by atoms with van der Waals surface area (Å²) in [5.74, 6) is 0.979. The van der Waals surface area contributed by atoms with Crippen LogP contribution in [0.5, 0.6) is 0 Å². The number of nitrogens with zero attached hydrogens (tertiary/aromatic N) is 1. The Hall–Kier alpha value is -2.33. The Labute approximate surface area is 148 Å². The zero-order valence-corrected chi connectivity index (χ0v) is 14.8. The normalized spacial score (nSPS) is 20.4. The van der Waals surface area contributed by atoms with Crippen molar-refractivity contribution < 1.29 is 4.79 Å². The molecular weight excluding hydrogens is 310 g/mol. The van der Waals surface area contributed by atoms with Crippen LogP contribution in [0.2, 0.25) is 0 Å². The van der Waals surface area contributed by atoms with Crippen LogP contribution in [0.25, 0.3) is 11.1 Å². The number of hydrogen-bond acceptors (Lipinski definition) is 3. The number of amides is 1. The topological polar surface area (TPSA) is 72.3 Å². The van der Waals surface area contributed by atoms with Crippen LogP contribution in [-0.4, -0.2) is 18.5 Å². The minimum atomic E-state index is -0.522. The number of benzene rings is 2. The monoisotopic (exact) mass is 335 g/mol. The zero-order chi connectivity index (χ0) is 17.7. The first-order chi connectivity index (χ1) is 12.0. The molecule has 130 valence electrons. The van der Waals surface area contributed by atoms with E-state index in [9.17, 15) is 4.79 Å². The van der Waals surface area contributed by atoms with E-state index in [4.69, 9.17) is 11.5 Å². The molecule has 2 atom stereocenters. The molecule has 4 N–H and O–H groups in total. The highest BCUT2D eigenvalue weighted by Gasteiger charge is 2.39. The van der Waals surface area contributed by atoms with E-state index in [1.807, 2.05) is 24.0 Å². The fraction of sp³-hybridized carbons (Fsp3) is 0.381. The van der Waals surface area contributed by atoms with Crippen LogP contribution in [0.4, 0.5) is 11.4 Å². The van der Waals surface area contributed by atoms with E-state index in [1.165, 1.54) is 24.0 Å². The van der Waals surface area contributed by atoms with Crippen LogP contribution in [0.3, 0.4) is 0 Å². The summed E-state index contributed by atoms with van der Waals surface area (Å²) in [5, 5.41) is 0. The molecule has 0 saturated heterocycles. The summed E-state index contributed by atoms with van der Waals surface area (Å²) in [6, 6.07) is 11.9. The molecule has 0 spiro atoms. The van der Waals surface area contributed by atoms with Crippen LogP contribution in [-0.2, 0) is 4.79 Å². The largest absolute Gasteiger partial charge is 0.398 e. The van der Waals surface area contributed by atoms with Crippen molar-refractivity contribution in [2.75, 3.05) is 17.2 Å². The first kappa shape index (κ1) is 16.2. The van der Waals surface area contributed by atoms with Crippen LogP contribution in [0.15, 0.2) is 36.4 Å². The molecule has 4 nitrogen and oxygen atoms in total. The minimum Gasteiger partial charge on any atom is -0.398 e. The molecule has 25 heavy (non-hydrogen) atoms. The number of nitrogens with two attached hydrogens (primary N) is 2. The van der Waals surface area contributed by atoms with E-state index in [0.29, 0.717) is 18.4 Å². The van der Waals surface area contributed by atoms with Gasteiger partial charge in [-0.25, -0.2) is 0 Å². The maximum absolute atomic E-state index is 12.9. The lowest BCUT2D eigenvalue weighted by atomic mass is 9.87. The first-order valence-corrected chi connectivity index (χ1v) is 9.04. The second kappa shape index (κ2) is 5.88. The lowest BCUT2D eigenvalue weighted by Crippen LogP contribution is -2.44. The third-order valence-electron chi connectivity index (χ3n) is 5.63.